The predicted molar refractivity (Wildman–Crippen MR) is 106 cm³/mol. The van der Waals surface area contributed by atoms with E-state index in [0.29, 0.717) is 22.5 Å². The lowest BCUT2D eigenvalue weighted by molar-refractivity contribution is -0.127. The molecule has 1 aromatic carbocycles. The summed E-state index contributed by atoms with van der Waals surface area (Å²) in [6.07, 6.45) is 3.42. The second-order valence-electron chi connectivity index (χ2n) is 7.53. The minimum atomic E-state index is -0.365. The molecule has 0 saturated heterocycles. The van der Waals surface area contributed by atoms with Gasteiger partial charge in [-0.3, -0.25) is 14.5 Å². The van der Waals surface area contributed by atoms with E-state index < -0.39 is 0 Å². The molecule has 0 heterocycles. The summed E-state index contributed by atoms with van der Waals surface area (Å²) in [5.74, 6) is 0.942. The van der Waals surface area contributed by atoms with Crippen molar-refractivity contribution in [2.75, 3.05) is 18.9 Å². The first kappa shape index (κ1) is 20.7. The van der Waals surface area contributed by atoms with Crippen LogP contribution >= 0.6 is 11.6 Å². The van der Waals surface area contributed by atoms with E-state index in [-0.39, 0.29) is 30.4 Å². The number of amides is 2. The number of nitrogens with zero attached hydrogens (tertiary/aromatic N) is 1. The monoisotopic (exact) mass is 379 g/mol. The smallest absolute Gasteiger partial charge is 0.238 e. The van der Waals surface area contributed by atoms with Gasteiger partial charge in [0.25, 0.3) is 0 Å². The van der Waals surface area contributed by atoms with Crippen molar-refractivity contribution in [3.05, 3.63) is 29.3 Å². The van der Waals surface area contributed by atoms with Crippen LogP contribution in [0.15, 0.2) is 24.3 Å². The van der Waals surface area contributed by atoms with Gasteiger partial charge in [0.15, 0.2) is 0 Å². The lowest BCUT2D eigenvalue weighted by atomic mass is 9.78. The number of rotatable bonds is 6. The van der Waals surface area contributed by atoms with Gasteiger partial charge in [-0.15, -0.1) is 0 Å². The number of hydrogen-bond donors (Lipinski definition) is 2. The van der Waals surface area contributed by atoms with E-state index in [0.717, 1.165) is 12.8 Å². The largest absolute Gasteiger partial charge is 0.352 e. The molecule has 1 saturated carbocycles. The van der Waals surface area contributed by atoms with Gasteiger partial charge in [0.05, 0.1) is 12.6 Å². The summed E-state index contributed by atoms with van der Waals surface area (Å²) in [6.45, 7) is 6.44. The lowest BCUT2D eigenvalue weighted by Gasteiger charge is -2.36. The third-order valence-corrected chi connectivity index (χ3v) is 5.85. The zero-order valence-electron chi connectivity index (χ0n) is 16.1. The molecule has 26 heavy (non-hydrogen) atoms. The number of hydrogen-bond acceptors (Lipinski definition) is 3. The quantitative estimate of drug-likeness (QED) is 0.794. The van der Waals surface area contributed by atoms with E-state index >= 15 is 0 Å². The molecule has 1 aliphatic carbocycles. The fourth-order valence-electron chi connectivity index (χ4n) is 3.39. The first-order chi connectivity index (χ1) is 12.3. The SMILES string of the molecule is C[C@@H]1[C@H](C)CCC[C@@H]1NC(=O)[C@@H](C)N(C)CC(=O)Nc1ccc(Cl)cc1. The average Bonchev–Trinajstić information content (AvgIpc) is 2.60. The molecule has 0 radical (unpaired) electrons. The third kappa shape index (κ3) is 5.71. The van der Waals surface area contributed by atoms with Crippen LogP contribution in [-0.4, -0.2) is 42.4 Å². The fraction of sp³-hybridized carbons (Fsp3) is 0.600. The van der Waals surface area contributed by atoms with Crippen molar-refractivity contribution >= 4 is 29.1 Å². The van der Waals surface area contributed by atoms with Gasteiger partial charge < -0.3 is 10.6 Å². The maximum atomic E-state index is 12.6. The van der Waals surface area contributed by atoms with Crippen molar-refractivity contribution in [1.29, 1.82) is 0 Å². The molecule has 2 amide bonds. The summed E-state index contributed by atoms with van der Waals surface area (Å²) in [6, 6.07) is 6.82. The molecular weight excluding hydrogens is 350 g/mol. The summed E-state index contributed by atoms with van der Waals surface area (Å²) in [5.41, 5.74) is 0.690. The second-order valence-corrected chi connectivity index (χ2v) is 7.96. The maximum absolute atomic E-state index is 12.6. The number of anilines is 1. The van der Waals surface area contributed by atoms with Crippen molar-refractivity contribution in [3.63, 3.8) is 0 Å². The number of nitrogens with one attached hydrogen (secondary N) is 2. The Morgan fingerprint density at radius 3 is 2.54 bits per heavy atom. The minimum absolute atomic E-state index is 0.0160. The van der Waals surface area contributed by atoms with Gasteiger partial charge in [0.2, 0.25) is 11.8 Å². The molecule has 2 N–H and O–H groups in total. The standard InChI is InChI=1S/C20H30ClN3O2/c1-13-6-5-7-18(14(13)2)23-20(26)15(3)24(4)12-19(25)22-17-10-8-16(21)9-11-17/h8-11,13-15,18H,5-7,12H2,1-4H3,(H,22,25)(H,23,26)/t13-,14-,15-,18+/m1/s1. The highest BCUT2D eigenvalue weighted by Gasteiger charge is 2.30. The van der Waals surface area contributed by atoms with E-state index in [9.17, 15) is 9.59 Å². The Hall–Kier alpha value is -1.59. The van der Waals surface area contributed by atoms with E-state index in [1.54, 1.807) is 36.2 Å². The zero-order valence-corrected chi connectivity index (χ0v) is 16.8. The van der Waals surface area contributed by atoms with Crippen LogP contribution in [0.25, 0.3) is 0 Å². The summed E-state index contributed by atoms with van der Waals surface area (Å²) < 4.78 is 0. The normalized spacial score (nSPS) is 24.2. The Labute approximate surface area is 161 Å². The molecule has 2 rings (SSSR count). The van der Waals surface area contributed by atoms with Gasteiger partial charge in [0.1, 0.15) is 0 Å². The van der Waals surface area contributed by atoms with Crippen LogP contribution in [0.3, 0.4) is 0 Å². The summed E-state index contributed by atoms with van der Waals surface area (Å²) in [4.78, 5) is 26.5. The highest BCUT2D eigenvalue weighted by molar-refractivity contribution is 6.30. The molecule has 1 aromatic rings. The molecule has 1 aliphatic rings. The molecule has 0 spiro atoms. The van der Waals surface area contributed by atoms with E-state index in [4.69, 9.17) is 11.6 Å². The van der Waals surface area contributed by atoms with Gasteiger partial charge >= 0.3 is 0 Å². The highest BCUT2D eigenvalue weighted by Crippen LogP contribution is 2.29. The topological polar surface area (TPSA) is 61.4 Å². The van der Waals surface area contributed by atoms with Crippen LogP contribution in [0.2, 0.25) is 5.02 Å². The molecule has 6 heteroatoms. The Morgan fingerprint density at radius 2 is 1.88 bits per heavy atom. The number of carbonyl (C=O) groups is 2. The van der Waals surface area contributed by atoms with Crippen LogP contribution in [0, 0.1) is 11.8 Å². The highest BCUT2D eigenvalue weighted by atomic mass is 35.5. The molecule has 5 nitrogen and oxygen atoms in total. The van der Waals surface area contributed by atoms with Crippen molar-refractivity contribution in [2.45, 2.75) is 52.1 Å². The molecule has 4 atom stereocenters. The summed E-state index contributed by atoms with van der Waals surface area (Å²) >= 11 is 5.84. The van der Waals surface area contributed by atoms with E-state index in [1.807, 2.05) is 6.92 Å². The molecule has 144 valence electrons. The van der Waals surface area contributed by atoms with Crippen molar-refractivity contribution < 1.29 is 9.59 Å². The van der Waals surface area contributed by atoms with Gasteiger partial charge in [0, 0.05) is 16.8 Å². The van der Waals surface area contributed by atoms with Crippen LogP contribution in [0.4, 0.5) is 5.69 Å². The molecule has 0 aliphatic heterocycles. The third-order valence-electron chi connectivity index (χ3n) is 5.60. The van der Waals surface area contributed by atoms with Crippen LogP contribution in [0.5, 0.6) is 0 Å². The number of carbonyl (C=O) groups excluding carboxylic acids is 2. The Bertz CT molecular complexity index is 620. The van der Waals surface area contributed by atoms with E-state index in [2.05, 4.69) is 24.5 Å². The van der Waals surface area contributed by atoms with Crippen molar-refractivity contribution in [1.82, 2.24) is 10.2 Å². The van der Waals surface area contributed by atoms with Gasteiger partial charge in [-0.2, -0.15) is 0 Å². The number of halogens is 1. The Balaban J connectivity index is 1.83. The van der Waals surface area contributed by atoms with Gasteiger partial charge in [-0.25, -0.2) is 0 Å². The summed E-state index contributed by atoms with van der Waals surface area (Å²) in [7, 11) is 1.79. The van der Waals surface area contributed by atoms with Crippen molar-refractivity contribution in [2.24, 2.45) is 11.8 Å². The zero-order chi connectivity index (χ0) is 19.3. The van der Waals surface area contributed by atoms with Gasteiger partial charge in [-0.1, -0.05) is 38.3 Å². The van der Waals surface area contributed by atoms with Crippen LogP contribution in [0.1, 0.15) is 40.0 Å². The Kier molecular flexibility index (Phi) is 7.47. The molecule has 0 unspecified atom stereocenters. The Morgan fingerprint density at radius 1 is 1.23 bits per heavy atom. The predicted octanol–water partition coefficient (Wildman–Crippen LogP) is 3.54. The fourth-order valence-corrected chi connectivity index (χ4v) is 3.51. The van der Waals surface area contributed by atoms with Gasteiger partial charge in [-0.05, 0) is 56.5 Å². The number of benzene rings is 1. The van der Waals surface area contributed by atoms with Crippen LogP contribution < -0.4 is 10.6 Å². The molecule has 0 bridgehead atoms. The molecule has 1 fully saturated rings. The van der Waals surface area contributed by atoms with E-state index in [1.165, 1.54) is 6.42 Å². The molecule has 0 aromatic heterocycles. The maximum Gasteiger partial charge on any atom is 0.238 e. The average molecular weight is 380 g/mol. The van der Waals surface area contributed by atoms with Crippen LogP contribution in [-0.2, 0) is 9.59 Å². The second kappa shape index (κ2) is 9.38. The lowest BCUT2D eigenvalue weighted by Crippen LogP contribution is -2.51. The molecular formula is C20H30ClN3O2. The number of likely N-dealkylation sites (N-methyl/N-ethyl adjacent to an activating group) is 1. The summed E-state index contributed by atoms with van der Waals surface area (Å²) in [5, 5.41) is 6.62. The minimum Gasteiger partial charge on any atom is -0.352 e. The van der Waals surface area contributed by atoms with Crippen molar-refractivity contribution in [3.8, 4) is 0 Å². The first-order valence-corrected chi connectivity index (χ1v) is 9.71. The first-order valence-electron chi connectivity index (χ1n) is 9.34.